The molecular weight excluding hydrogens is 461 g/mol. The molecule has 0 radical (unpaired) electrons. The molecule has 10 heteroatoms. The van der Waals surface area contributed by atoms with Crippen molar-refractivity contribution in [2.24, 2.45) is 5.73 Å². The number of amides is 3. The first-order chi connectivity index (χ1) is 16.2. The molecule has 1 atom stereocenters. The predicted octanol–water partition coefficient (Wildman–Crippen LogP) is 3.49. The number of nitrogens with one attached hydrogen (secondary N) is 3. The second kappa shape index (κ2) is 13.3. The largest absolute Gasteiger partial charge is 0.370 e. The van der Waals surface area contributed by atoms with E-state index in [9.17, 15) is 18.8 Å². The number of aromatic nitrogens is 2. The lowest BCUT2D eigenvalue weighted by Crippen LogP contribution is -2.40. The van der Waals surface area contributed by atoms with Crippen molar-refractivity contribution in [2.45, 2.75) is 45.6 Å². The third kappa shape index (κ3) is 8.82. The van der Waals surface area contributed by atoms with Gasteiger partial charge >= 0.3 is 0 Å². The van der Waals surface area contributed by atoms with Gasteiger partial charge in [-0.15, -0.1) is 0 Å². The second-order valence-electron chi connectivity index (χ2n) is 7.65. The van der Waals surface area contributed by atoms with Crippen LogP contribution in [0, 0.1) is 5.82 Å². The number of rotatable bonds is 9. The van der Waals surface area contributed by atoms with Gasteiger partial charge in [0.2, 0.25) is 11.8 Å². The van der Waals surface area contributed by atoms with Crippen LogP contribution in [0.3, 0.4) is 0 Å². The van der Waals surface area contributed by atoms with Crippen molar-refractivity contribution in [3.8, 4) is 0 Å². The van der Waals surface area contributed by atoms with Crippen LogP contribution in [0.15, 0.2) is 42.6 Å². The number of carbonyl (C=O) groups excluding carboxylic acids is 3. The third-order valence-corrected chi connectivity index (χ3v) is 4.96. The number of pyridine rings is 1. The molecule has 0 aliphatic carbocycles. The third-order valence-electron chi connectivity index (χ3n) is 4.75. The first-order valence-electron chi connectivity index (χ1n) is 11.0. The molecule has 2 heterocycles. The Labute approximate surface area is 202 Å². The molecule has 3 rings (SSSR count). The summed E-state index contributed by atoms with van der Waals surface area (Å²) in [5, 5.41) is 6.72. The highest BCUT2D eigenvalue weighted by molar-refractivity contribution is 6.30. The summed E-state index contributed by atoms with van der Waals surface area (Å²) < 4.78 is 13.1. The monoisotopic (exact) mass is 489 g/mol. The molecule has 0 saturated heterocycles. The molecule has 1 aromatic carbocycles. The maximum absolute atomic E-state index is 13.1. The quantitative estimate of drug-likeness (QED) is 0.343. The number of fused-ring (bicyclic) bond motifs is 1. The highest BCUT2D eigenvalue weighted by atomic mass is 35.5. The van der Waals surface area contributed by atoms with Crippen LogP contribution in [0.5, 0.6) is 0 Å². The van der Waals surface area contributed by atoms with E-state index in [1.807, 2.05) is 13.8 Å². The molecule has 3 amide bonds. The van der Waals surface area contributed by atoms with E-state index in [1.165, 1.54) is 12.1 Å². The van der Waals surface area contributed by atoms with Gasteiger partial charge in [0, 0.05) is 30.8 Å². The van der Waals surface area contributed by atoms with Gasteiger partial charge < -0.3 is 21.4 Å². The minimum absolute atomic E-state index is 0.116. The molecule has 34 heavy (non-hydrogen) atoms. The summed E-state index contributed by atoms with van der Waals surface area (Å²) in [4.78, 5) is 41.5. The summed E-state index contributed by atoms with van der Waals surface area (Å²) in [5.41, 5.74) is 6.62. The Bertz CT molecular complexity index is 1120. The first kappa shape index (κ1) is 26.8. The lowest BCUT2D eigenvalue weighted by atomic mass is 10.0. The van der Waals surface area contributed by atoms with Crippen LogP contribution < -0.4 is 16.4 Å². The summed E-state index contributed by atoms with van der Waals surface area (Å²) in [5.74, 6) is -1.05. The van der Waals surface area contributed by atoms with Gasteiger partial charge in [0.25, 0.3) is 5.91 Å². The van der Waals surface area contributed by atoms with Crippen molar-refractivity contribution in [3.63, 3.8) is 0 Å². The van der Waals surface area contributed by atoms with Gasteiger partial charge in [-0.3, -0.25) is 14.4 Å². The Morgan fingerprint density at radius 3 is 2.47 bits per heavy atom. The van der Waals surface area contributed by atoms with Gasteiger partial charge in [-0.1, -0.05) is 30.7 Å². The molecule has 0 bridgehead atoms. The van der Waals surface area contributed by atoms with E-state index in [-0.39, 0.29) is 30.0 Å². The van der Waals surface area contributed by atoms with Gasteiger partial charge in [-0.25, -0.2) is 9.37 Å². The minimum Gasteiger partial charge on any atom is -0.370 e. The van der Waals surface area contributed by atoms with Crippen LogP contribution in [0.25, 0.3) is 10.9 Å². The highest BCUT2D eigenvalue weighted by Gasteiger charge is 2.19. The Balaban J connectivity index is 0.000000604. The van der Waals surface area contributed by atoms with Crippen LogP contribution in [0.2, 0.25) is 5.15 Å². The van der Waals surface area contributed by atoms with E-state index in [2.05, 4.69) is 20.6 Å². The Morgan fingerprint density at radius 1 is 1.18 bits per heavy atom. The zero-order chi connectivity index (χ0) is 25.1. The fraction of sp³-hybridized carbons (Fsp3) is 0.333. The summed E-state index contributed by atoms with van der Waals surface area (Å²) >= 11 is 5.88. The first-order valence-corrected chi connectivity index (χ1v) is 11.3. The van der Waals surface area contributed by atoms with Crippen LogP contribution in [0.1, 0.15) is 49.2 Å². The number of primary amides is 1. The molecule has 3 aromatic rings. The summed E-state index contributed by atoms with van der Waals surface area (Å²) in [6.07, 6.45) is 3.44. The number of benzene rings is 1. The summed E-state index contributed by atoms with van der Waals surface area (Å²) in [7, 11) is 0. The molecule has 2 aromatic heterocycles. The number of carbonyl (C=O) groups is 3. The van der Waals surface area contributed by atoms with E-state index in [1.54, 1.807) is 30.5 Å². The predicted molar refractivity (Wildman–Crippen MR) is 130 cm³/mol. The van der Waals surface area contributed by atoms with E-state index >= 15 is 0 Å². The molecule has 0 spiro atoms. The number of hydrogen-bond donors (Lipinski definition) is 4. The molecule has 0 saturated carbocycles. The van der Waals surface area contributed by atoms with Gasteiger partial charge in [0.15, 0.2) is 0 Å². The van der Waals surface area contributed by atoms with Crippen molar-refractivity contribution in [2.75, 3.05) is 6.54 Å². The Hall–Kier alpha value is -3.46. The number of nitrogens with two attached hydrogens (primary N) is 1. The van der Waals surface area contributed by atoms with Gasteiger partial charge in [-0.05, 0) is 49.6 Å². The van der Waals surface area contributed by atoms with Gasteiger partial charge in [-0.2, -0.15) is 0 Å². The maximum Gasteiger partial charge on any atom is 0.267 e. The Kier molecular flexibility index (Phi) is 10.5. The molecule has 0 aliphatic heterocycles. The fourth-order valence-corrected chi connectivity index (χ4v) is 3.38. The average molecular weight is 490 g/mol. The number of nitrogens with zero attached hydrogens (tertiary/aromatic N) is 1. The zero-order valence-electron chi connectivity index (χ0n) is 19.2. The summed E-state index contributed by atoms with van der Waals surface area (Å²) in [6.45, 7) is 4.26. The van der Waals surface area contributed by atoms with Crippen molar-refractivity contribution in [1.82, 2.24) is 20.6 Å². The van der Waals surface area contributed by atoms with E-state index in [0.29, 0.717) is 35.8 Å². The molecule has 0 fully saturated rings. The SMILES string of the molecule is CCCC(N)=O.CCNC(=O)C[C@H](Cc1ccc(F)cc1)NC(=O)c1cc2cc(Cl)ncc2[nH]1. The second-order valence-corrected chi connectivity index (χ2v) is 8.04. The highest BCUT2D eigenvalue weighted by Crippen LogP contribution is 2.18. The van der Waals surface area contributed by atoms with E-state index in [4.69, 9.17) is 17.3 Å². The number of hydrogen-bond acceptors (Lipinski definition) is 4. The minimum atomic E-state index is -0.447. The maximum atomic E-state index is 13.1. The molecule has 0 aliphatic rings. The molecule has 5 N–H and O–H groups in total. The van der Waals surface area contributed by atoms with Crippen molar-refractivity contribution >= 4 is 40.2 Å². The summed E-state index contributed by atoms with van der Waals surface area (Å²) in [6, 6.07) is 8.89. The van der Waals surface area contributed by atoms with Crippen molar-refractivity contribution < 1.29 is 18.8 Å². The van der Waals surface area contributed by atoms with Crippen molar-refractivity contribution in [3.05, 3.63) is 64.8 Å². The fourth-order valence-electron chi connectivity index (χ4n) is 3.21. The number of halogens is 2. The van der Waals surface area contributed by atoms with E-state index < -0.39 is 6.04 Å². The molecule has 182 valence electrons. The normalized spacial score (nSPS) is 11.3. The molecule has 8 nitrogen and oxygen atoms in total. The number of H-pyrrole nitrogens is 1. The number of aromatic amines is 1. The zero-order valence-corrected chi connectivity index (χ0v) is 19.9. The van der Waals surface area contributed by atoms with Crippen LogP contribution in [-0.2, 0) is 16.0 Å². The van der Waals surface area contributed by atoms with Crippen LogP contribution >= 0.6 is 11.6 Å². The van der Waals surface area contributed by atoms with E-state index in [0.717, 1.165) is 17.4 Å². The van der Waals surface area contributed by atoms with Crippen LogP contribution in [0.4, 0.5) is 4.39 Å². The van der Waals surface area contributed by atoms with Gasteiger partial charge in [0.1, 0.15) is 16.7 Å². The standard InChI is InChI=1S/C20H20ClFN4O2.C4H9NO/c1-2-23-19(27)10-15(7-12-3-5-14(22)6-4-12)25-20(28)16-8-13-9-18(21)24-11-17(13)26-16;1-2-3-4(5)6/h3-6,8-9,11,15,26H,2,7,10H2,1H3,(H,23,27)(H,25,28);2-3H2,1H3,(H2,5,6)/t15-;/m0./s1. The van der Waals surface area contributed by atoms with Crippen molar-refractivity contribution in [1.29, 1.82) is 0 Å². The van der Waals surface area contributed by atoms with Gasteiger partial charge in [0.05, 0.1) is 11.7 Å². The molecule has 0 unspecified atom stereocenters. The van der Waals surface area contributed by atoms with Crippen LogP contribution in [-0.4, -0.2) is 40.3 Å². The topological polar surface area (TPSA) is 130 Å². The molecular formula is C24H29ClFN5O3. The Morgan fingerprint density at radius 2 is 1.88 bits per heavy atom. The lowest BCUT2D eigenvalue weighted by molar-refractivity contribution is -0.121. The average Bonchev–Trinajstić information content (AvgIpc) is 3.19. The smallest absolute Gasteiger partial charge is 0.267 e. The lowest BCUT2D eigenvalue weighted by Gasteiger charge is -2.18.